The van der Waals surface area contributed by atoms with E-state index in [1.807, 2.05) is 88.5 Å². The first kappa shape index (κ1) is 24.8. The summed E-state index contributed by atoms with van der Waals surface area (Å²) in [6.07, 6.45) is 26.9. The van der Waals surface area contributed by atoms with Gasteiger partial charge < -0.3 is 4.74 Å². The molecule has 0 aliphatic rings. The molecule has 3 nitrogen and oxygen atoms in total. The molecule has 0 aliphatic carbocycles. The predicted octanol–water partition coefficient (Wildman–Crippen LogP) is 5.92. The highest BCUT2D eigenvalue weighted by atomic mass is 16.5. The van der Waals surface area contributed by atoms with Gasteiger partial charge in [0.15, 0.2) is 0 Å². The highest BCUT2D eigenvalue weighted by Gasteiger charge is 1.89. The monoisotopic (exact) mass is 378 g/mol. The summed E-state index contributed by atoms with van der Waals surface area (Å²) >= 11 is 0. The molecule has 0 amide bonds. The van der Waals surface area contributed by atoms with Crippen LogP contribution in [-0.4, -0.2) is 19.4 Å². The second-order valence-corrected chi connectivity index (χ2v) is 6.10. The Bertz CT molecular complexity index is 777. The van der Waals surface area contributed by atoms with Crippen LogP contribution in [0.25, 0.3) is 0 Å². The topological polar surface area (TPSA) is 43.4 Å². The predicted molar refractivity (Wildman–Crippen MR) is 119 cm³/mol. The molecule has 0 saturated carbocycles. The molecule has 0 heterocycles. The number of ether oxygens (including phenoxy) is 1. The second kappa shape index (κ2) is 16.0. The number of allylic oxidation sites excluding steroid dienone is 17. The summed E-state index contributed by atoms with van der Waals surface area (Å²) in [7, 11) is 1.36. The van der Waals surface area contributed by atoms with E-state index in [4.69, 9.17) is 0 Å². The molecule has 28 heavy (non-hydrogen) atoms. The third-order valence-electron chi connectivity index (χ3n) is 3.39. The fraction of sp³-hybridized carbons (Fsp3) is 0.200. The van der Waals surface area contributed by atoms with Crippen molar-refractivity contribution in [2.75, 3.05) is 7.11 Å². The van der Waals surface area contributed by atoms with Gasteiger partial charge in [-0.2, -0.15) is 0 Å². The van der Waals surface area contributed by atoms with Gasteiger partial charge in [-0.15, -0.1) is 0 Å². The fourth-order valence-electron chi connectivity index (χ4n) is 1.80. The van der Waals surface area contributed by atoms with Gasteiger partial charge in [0.25, 0.3) is 0 Å². The molecule has 0 rings (SSSR count). The Labute approximate surface area is 169 Å². The van der Waals surface area contributed by atoms with E-state index in [-0.39, 0.29) is 5.97 Å². The van der Waals surface area contributed by atoms with Gasteiger partial charge in [-0.05, 0) is 33.8 Å². The van der Waals surface area contributed by atoms with Gasteiger partial charge >= 0.3 is 5.97 Å². The molecule has 0 spiro atoms. The zero-order valence-electron chi connectivity index (χ0n) is 17.4. The molecule has 148 valence electrons. The lowest BCUT2D eigenvalue weighted by molar-refractivity contribution is -0.134. The van der Waals surface area contributed by atoms with E-state index in [0.717, 1.165) is 28.6 Å². The van der Waals surface area contributed by atoms with Crippen molar-refractivity contribution in [3.63, 3.8) is 0 Å². The van der Waals surface area contributed by atoms with Crippen LogP contribution in [0.5, 0.6) is 0 Å². The summed E-state index contributed by atoms with van der Waals surface area (Å²) in [5.74, 6) is -0.364. The summed E-state index contributed by atoms with van der Waals surface area (Å²) in [5, 5.41) is 0. The molecule has 0 saturated heterocycles. The van der Waals surface area contributed by atoms with Crippen LogP contribution in [0.4, 0.5) is 0 Å². The zero-order valence-corrected chi connectivity index (χ0v) is 17.4. The van der Waals surface area contributed by atoms with E-state index < -0.39 is 0 Å². The summed E-state index contributed by atoms with van der Waals surface area (Å²) in [5.41, 5.74) is 4.21. The van der Waals surface area contributed by atoms with Gasteiger partial charge in [-0.3, -0.25) is 4.79 Å². The maximum Gasteiger partial charge on any atom is 0.330 e. The Morgan fingerprint density at radius 2 is 0.964 bits per heavy atom. The van der Waals surface area contributed by atoms with Crippen molar-refractivity contribution < 1.29 is 14.3 Å². The largest absolute Gasteiger partial charge is 0.466 e. The summed E-state index contributed by atoms with van der Waals surface area (Å²) in [6.45, 7) is 7.90. The van der Waals surface area contributed by atoms with Crippen molar-refractivity contribution in [3.05, 3.63) is 107 Å². The SMILES string of the molecule is COC(=O)C=CC(C)=CC=CC(C)=CC=CC=C(C)C=CC=C(C)C=CC=O. The van der Waals surface area contributed by atoms with Crippen molar-refractivity contribution in [1.82, 2.24) is 0 Å². The second-order valence-electron chi connectivity index (χ2n) is 6.10. The lowest BCUT2D eigenvalue weighted by Crippen LogP contribution is -1.93. The number of methoxy groups -OCH3 is 1. The average molecular weight is 379 g/mol. The van der Waals surface area contributed by atoms with Crippen molar-refractivity contribution in [2.24, 2.45) is 0 Å². The highest BCUT2D eigenvalue weighted by molar-refractivity contribution is 5.82. The van der Waals surface area contributed by atoms with E-state index in [2.05, 4.69) is 4.74 Å². The van der Waals surface area contributed by atoms with Crippen LogP contribution in [0.1, 0.15) is 27.7 Å². The molecule has 0 fully saturated rings. The number of esters is 1. The number of rotatable bonds is 10. The number of carbonyl (C=O) groups is 2. The Morgan fingerprint density at radius 1 is 0.571 bits per heavy atom. The Hall–Kier alpha value is -3.20. The Kier molecular flexibility index (Phi) is 14.2. The van der Waals surface area contributed by atoms with E-state index in [1.165, 1.54) is 19.3 Å². The summed E-state index contributed by atoms with van der Waals surface area (Å²) in [4.78, 5) is 21.3. The molecule has 3 heteroatoms. The van der Waals surface area contributed by atoms with Crippen molar-refractivity contribution >= 4 is 12.3 Å². The van der Waals surface area contributed by atoms with E-state index in [9.17, 15) is 9.59 Å². The van der Waals surface area contributed by atoms with Gasteiger partial charge in [-0.25, -0.2) is 4.79 Å². The number of aldehydes is 1. The van der Waals surface area contributed by atoms with Gasteiger partial charge in [0.1, 0.15) is 6.29 Å². The van der Waals surface area contributed by atoms with Crippen LogP contribution < -0.4 is 0 Å². The first-order valence-electron chi connectivity index (χ1n) is 8.98. The number of carbonyl (C=O) groups excluding carboxylic acids is 2. The van der Waals surface area contributed by atoms with Crippen LogP contribution in [0.15, 0.2) is 107 Å². The molecule has 0 bridgehead atoms. The summed E-state index contributed by atoms with van der Waals surface area (Å²) < 4.78 is 4.55. The van der Waals surface area contributed by atoms with Gasteiger partial charge in [0.2, 0.25) is 0 Å². The maximum absolute atomic E-state index is 11.0. The standard InChI is InChI=1S/C25H30O3/c1-21(13-8-15-23(3)17-10-20-26)11-6-7-12-22(2)14-9-16-24(4)18-19-25(27)28-5/h6-20H,1-5H3. The van der Waals surface area contributed by atoms with Crippen molar-refractivity contribution in [3.8, 4) is 0 Å². The van der Waals surface area contributed by atoms with Crippen molar-refractivity contribution in [2.45, 2.75) is 27.7 Å². The zero-order chi connectivity index (χ0) is 21.2. The lowest BCUT2D eigenvalue weighted by atomic mass is 10.2. The molecule has 0 atom stereocenters. The van der Waals surface area contributed by atoms with Crippen LogP contribution in [0, 0.1) is 0 Å². The average Bonchev–Trinajstić information content (AvgIpc) is 2.67. The van der Waals surface area contributed by atoms with Crippen molar-refractivity contribution in [1.29, 1.82) is 0 Å². The van der Waals surface area contributed by atoms with E-state index >= 15 is 0 Å². The normalized spacial score (nSPS) is 15.0. The first-order chi connectivity index (χ1) is 13.4. The highest BCUT2D eigenvalue weighted by Crippen LogP contribution is 2.02. The molecule has 0 aliphatic heterocycles. The molecule has 0 radical (unpaired) electrons. The van der Waals surface area contributed by atoms with Crippen LogP contribution in [0.2, 0.25) is 0 Å². The van der Waals surface area contributed by atoms with Gasteiger partial charge in [-0.1, -0.05) is 95.2 Å². The van der Waals surface area contributed by atoms with Gasteiger partial charge in [0.05, 0.1) is 7.11 Å². The fourth-order valence-corrected chi connectivity index (χ4v) is 1.80. The minimum absolute atomic E-state index is 0.364. The van der Waals surface area contributed by atoms with Crippen LogP contribution >= 0.6 is 0 Å². The Balaban J connectivity index is 4.65. The quantitative estimate of drug-likeness (QED) is 0.205. The summed E-state index contributed by atoms with van der Waals surface area (Å²) in [6, 6.07) is 0. The Morgan fingerprint density at radius 3 is 1.39 bits per heavy atom. The molecule has 0 aromatic carbocycles. The molecular formula is C25H30O3. The third-order valence-corrected chi connectivity index (χ3v) is 3.39. The minimum atomic E-state index is -0.364. The van der Waals surface area contributed by atoms with E-state index in [0.29, 0.717) is 0 Å². The molecule has 0 N–H and O–H groups in total. The molecule has 0 aromatic rings. The van der Waals surface area contributed by atoms with Crippen LogP contribution in [-0.2, 0) is 14.3 Å². The van der Waals surface area contributed by atoms with Gasteiger partial charge in [0, 0.05) is 6.08 Å². The van der Waals surface area contributed by atoms with E-state index in [1.54, 1.807) is 12.2 Å². The lowest BCUT2D eigenvalue weighted by Gasteiger charge is -1.91. The minimum Gasteiger partial charge on any atom is -0.466 e. The maximum atomic E-state index is 11.0. The first-order valence-corrected chi connectivity index (χ1v) is 8.98. The third kappa shape index (κ3) is 15.1. The smallest absolute Gasteiger partial charge is 0.330 e. The molecular weight excluding hydrogens is 348 g/mol. The molecule has 0 unspecified atom stereocenters. The number of hydrogen-bond acceptors (Lipinski definition) is 3. The number of hydrogen-bond donors (Lipinski definition) is 0. The molecule has 0 aromatic heterocycles. The van der Waals surface area contributed by atoms with Crippen LogP contribution in [0.3, 0.4) is 0 Å².